The van der Waals surface area contributed by atoms with Crippen LogP contribution in [0.15, 0.2) is 47.9 Å². The van der Waals surface area contributed by atoms with Crippen molar-refractivity contribution in [3.8, 4) is 28.5 Å². The molecule has 148 valence electrons. The van der Waals surface area contributed by atoms with Gasteiger partial charge in [-0.2, -0.15) is 0 Å². The molecule has 1 amide bonds. The van der Waals surface area contributed by atoms with Crippen LogP contribution < -0.4 is 19.5 Å². The van der Waals surface area contributed by atoms with Gasteiger partial charge in [-0.05, 0) is 29.8 Å². The van der Waals surface area contributed by atoms with Crippen LogP contribution in [0.4, 0.5) is 5.13 Å². The number of methoxy groups -OCH3 is 1. The maximum absolute atomic E-state index is 12.3. The summed E-state index contributed by atoms with van der Waals surface area (Å²) < 4.78 is 16.5. The third-order valence-corrected chi connectivity index (χ3v) is 5.25. The van der Waals surface area contributed by atoms with Crippen molar-refractivity contribution in [2.75, 3.05) is 25.6 Å². The number of carbonyl (C=O) groups is 1. The number of benzene rings is 2. The van der Waals surface area contributed by atoms with Crippen molar-refractivity contribution < 1.29 is 19.0 Å². The number of aromatic nitrogens is 1. The van der Waals surface area contributed by atoms with E-state index in [0.717, 1.165) is 16.8 Å². The van der Waals surface area contributed by atoms with Crippen LogP contribution >= 0.6 is 22.9 Å². The zero-order chi connectivity index (χ0) is 20.2. The first-order valence-corrected chi connectivity index (χ1v) is 10.1. The zero-order valence-corrected chi connectivity index (χ0v) is 17.0. The van der Waals surface area contributed by atoms with Gasteiger partial charge in [-0.15, -0.1) is 11.3 Å². The van der Waals surface area contributed by atoms with Crippen LogP contribution in [0.25, 0.3) is 17.3 Å². The van der Waals surface area contributed by atoms with Gasteiger partial charge in [0.25, 0.3) is 0 Å². The van der Waals surface area contributed by atoms with Crippen LogP contribution in [-0.2, 0) is 4.79 Å². The van der Waals surface area contributed by atoms with Crippen molar-refractivity contribution in [2.45, 2.75) is 0 Å². The molecule has 2 aromatic carbocycles. The fourth-order valence-electron chi connectivity index (χ4n) is 2.83. The maximum Gasteiger partial charge on any atom is 0.250 e. The third kappa shape index (κ3) is 4.36. The van der Waals surface area contributed by atoms with E-state index in [1.165, 1.54) is 17.4 Å². The molecule has 0 spiro atoms. The molecule has 2 heterocycles. The van der Waals surface area contributed by atoms with E-state index in [-0.39, 0.29) is 5.91 Å². The number of hydrogen-bond acceptors (Lipinski definition) is 6. The Morgan fingerprint density at radius 2 is 2.10 bits per heavy atom. The second-order valence-electron chi connectivity index (χ2n) is 6.09. The number of ether oxygens (including phenoxy) is 3. The number of fused-ring (bicyclic) bond motifs is 1. The molecule has 8 heteroatoms. The number of anilines is 1. The van der Waals surface area contributed by atoms with Gasteiger partial charge in [-0.3, -0.25) is 10.1 Å². The summed E-state index contributed by atoms with van der Waals surface area (Å²) in [6.45, 7) is 0.951. The Kier molecular flexibility index (Phi) is 5.69. The van der Waals surface area contributed by atoms with Crippen LogP contribution in [0.2, 0.25) is 5.02 Å². The van der Waals surface area contributed by atoms with Gasteiger partial charge >= 0.3 is 0 Å². The molecule has 0 saturated heterocycles. The summed E-state index contributed by atoms with van der Waals surface area (Å²) >= 11 is 7.54. The first-order valence-electron chi connectivity index (χ1n) is 8.81. The normalized spacial score (nSPS) is 12.8. The molecule has 4 rings (SSSR count). The Hall–Kier alpha value is -3.03. The average molecular weight is 429 g/mol. The van der Waals surface area contributed by atoms with Gasteiger partial charge in [0, 0.05) is 22.0 Å². The minimum absolute atomic E-state index is 0.293. The van der Waals surface area contributed by atoms with E-state index in [4.69, 9.17) is 25.8 Å². The van der Waals surface area contributed by atoms with Gasteiger partial charge in [0.05, 0.1) is 12.8 Å². The molecule has 1 N–H and O–H groups in total. The Bertz CT molecular complexity index is 1060. The summed E-state index contributed by atoms with van der Waals surface area (Å²) in [5.41, 5.74) is 2.30. The smallest absolute Gasteiger partial charge is 0.250 e. The molecule has 1 aliphatic rings. The van der Waals surface area contributed by atoms with Crippen molar-refractivity contribution in [1.29, 1.82) is 0 Å². The van der Waals surface area contributed by atoms with Crippen molar-refractivity contribution in [2.24, 2.45) is 0 Å². The number of hydrogen-bond donors (Lipinski definition) is 1. The summed E-state index contributed by atoms with van der Waals surface area (Å²) in [4.78, 5) is 16.7. The van der Waals surface area contributed by atoms with E-state index >= 15 is 0 Å². The largest absolute Gasteiger partial charge is 0.493 e. The highest BCUT2D eigenvalue weighted by Gasteiger charge is 2.18. The molecule has 0 fully saturated rings. The molecule has 0 radical (unpaired) electrons. The predicted octanol–water partition coefficient (Wildman–Crippen LogP) is 4.90. The fraction of sp³-hybridized carbons (Fsp3) is 0.143. The van der Waals surface area contributed by atoms with E-state index in [2.05, 4.69) is 10.3 Å². The number of halogens is 1. The molecule has 3 aromatic rings. The lowest BCUT2D eigenvalue weighted by Gasteiger charge is -2.20. The van der Waals surface area contributed by atoms with Gasteiger partial charge < -0.3 is 14.2 Å². The summed E-state index contributed by atoms with van der Waals surface area (Å²) in [6.07, 6.45) is 3.11. The Morgan fingerprint density at radius 1 is 1.28 bits per heavy atom. The monoisotopic (exact) mass is 428 g/mol. The fourth-order valence-corrected chi connectivity index (χ4v) is 3.78. The topological polar surface area (TPSA) is 69.7 Å². The standard InChI is InChI=1S/C21H17ClN2O4S/c1-26-17-10-13(11-18-20(17)28-9-8-27-18)6-7-19(25)24-21-23-16(12-29-21)14-4-2-3-5-15(14)22/h2-7,10-12H,8-9H2,1H3,(H,23,24,25)/b7-6+. The zero-order valence-electron chi connectivity index (χ0n) is 15.5. The molecule has 6 nitrogen and oxygen atoms in total. The summed E-state index contributed by atoms with van der Waals surface area (Å²) in [7, 11) is 1.56. The average Bonchev–Trinajstić information content (AvgIpc) is 3.20. The minimum Gasteiger partial charge on any atom is -0.493 e. The quantitative estimate of drug-likeness (QED) is 0.585. The molecule has 0 atom stereocenters. The summed E-state index contributed by atoms with van der Waals surface area (Å²) in [5, 5.41) is 5.73. The lowest BCUT2D eigenvalue weighted by atomic mass is 10.1. The first kappa shape index (κ1) is 19.3. The highest BCUT2D eigenvalue weighted by molar-refractivity contribution is 7.14. The van der Waals surface area contributed by atoms with Gasteiger partial charge in [0.15, 0.2) is 16.6 Å². The minimum atomic E-state index is -0.293. The highest BCUT2D eigenvalue weighted by atomic mass is 35.5. The van der Waals surface area contributed by atoms with E-state index in [1.54, 1.807) is 31.4 Å². The molecule has 0 unspecified atom stereocenters. The van der Waals surface area contributed by atoms with Gasteiger partial charge in [0.2, 0.25) is 11.7 Å². The lowest BCUT2D eigenvalue weighted by Crippen LogP contribution is -2.16. The number of nitrogens with zero attached hydrogens (tertiary/aromatic N) is 1. The van der Waals surface area contributed by atoms with Crippen LogP contribution in [0.5, 0.6) is 17.2 Å². The van der Waals surface area contributed by atoms with Crippen LogP contribution in [-0.4, -0.2) is 31.2 Å². The molecular weight excluding hydrogens is 412 g/mol. The second-order valence-corrected chi connectivity index (χ2v) is 7.35. The van der Waals surface area contributed by atoms with Crippen LogP contribution in [0.1, 0.15) is 5.56 Å². The molecular formula is C21H17ClN2O4S. The lowest BCUT2D eigenvalue weighted by molar-refractivity contribution is -0.111. The van der Waals surface area contributed by atoms with E-state index in [1.807, 2.05) is 23.6 Å². The van der Waals surface area contributed by atoms with Gasteiger partial charge in [0.1, 0.15) is 13.2 Å². The Balaban J connectivity index is 1.46. The van der Waals surface area contributed by atoms with E-state index in [0.29, 0.717) is 40.6 Å². The second kappa shape index (κ2) is 8.55. The number of nitrogens with one attached hydrogen (secondary N) is 1. The molecule has 1 aliphatic heterocycles. The highest BCUT2D eigenvalue weighted by Crippen LogP contribution is 2.40. The summed E-state index contributed by atoms with van der Waals surface area (Å²) in [6, 6.07) is 11.0. The van der Waals surface area contributed by atoms with Crippen molar-refractivity contribution in [3.63, 3.8) is 0 Å². The van der Waals surface area contributed by atoms with E-state index in [9.17, 15) is 4.79 Å². The maximum atomic E-state index is 12.3. The predicted molar refractivity (Wildman–Crippen MR) is 114 cm³/mol. The molecule has 0 saturated carbocycles. The van der Waals surface area contributed by atoms with E-state index < -0.39 is 0 Å². The molecule has 1 aromatic heterocycles. The number of thiazole rings is 1. The number of amides is 1. The number of rotatable bonds is 5. The Morgan fingerprint density at radius 3 is 2.93 bits per heavy atom. The SMILES string of the molecule is COc1cc(/C=C/C(=O)Nc2nc(-c3ccccc3Cl)cs2)cc2c1OCCO2. The van der Waals surface area contributed by atoms with Crippen molar-refractivity contribution in [3.05, 3.63) is 58.4 Å². The van der Waals surface area contributed by atoms with Crippen LogP contribution in [0, 0.1) is 0 Å². The van der Waals surface area contributed by atoms with Crippen molar-refractivity contribution >= 4 is 40.1 Å². The van der Waals surface area contributed by atoms with Crippen molar-refractivity contribution in [1.82, 2.24) is 4.98 Å². The number of carbonyl (C=O) groups excluding carboxylic acids is 1. The first-order chi connectivity index (χ1) is 14.1. The Labute approximate surface area is 176 Å². The van der Waals surface area contributed by atoms with Crippen LogP contribution in [0.3, 0.4) is 0 Å². The third-order valence-electron chi connectivity index (χ3n) is 4.16. The molecule has 29 heavy (non-hydrogen) atoms. The summed E-state index contributed by atoms with van der Waals surface area (Å²) in [5.74, 6) is 1.45. The molecule has 0 aliphatic carbocycles. The van der Waals surface area contributed by atoms with Gasteiger partial charge in [-0.1, -0.05) is 29.8 Å². The molecule has 0 bridgehead atoms. The van der Waals surface area contributed by atoms with Gasteiger partial charge in [-0.25, -0.2) is 4.98 Å².